The second kappa shape index (κ2) is 7.67. The first-order valence-electron chi connectivity index (χ1n) is 8.99. The number of carbonyl (C=O) groups excluding carboxylic acids is 1. The van der Waals surface area contributed by atoms with E-state index in [-0.39, 0.29) is 17.3 Å². The standard InChI is InChI=1S/C22H16FN3O4/c23-15-3-1-13(2-4-15)17-10-16(27)5-6-19(17)26-8-7-14-9-18(24-11-20(14)26)22(30)25-12-21(28)29/h1-11,27H,12H2,(H,25,30)(H,28,29). The monoisotopic (exact) mass is 405 g/mol. The van der Waals surface area contributed by atoms with Crippen LogP contribution in [0, 0.1) is 5.82 Å². The molecule has 0 aliphatic carbocycles. The van der Waals surface area contributed by atoms with Crippen LogP contribution in [0.1, 0.15) is 10.5 Å². The summed E-state index contributed by atoms with van der Waals surface area (Å²) >= 11 is 0. The summed E-state index contributed by atoms with van der Waals surface area (Å²) in [6.07, 6.45) is 3.32. The van der Waals surface area contributed by atoms with E-state index in [0.29, 0.717) is 11.1 Å². The van der Waals surface area contributed by atoms with Crippen molar-refractivity contribution < 1.29 is 24.2 Å². The lowest BCUT2D eigenvalue weighted by Gasteiger charge is -2.13. The molecule has 0 aliphatic heterocycles. The molecule has 8 heteroatoms. The molecule has 30 heavy (non-hydrogen) atoms. The topological polar surface area (TPSA) is 104 Å². The van der Waals surface area contributed by atoms with Gasteiger partial charge in [0.25, 0.3) is 5.91 Å². The number of phenols is 1. The molecule has 0 radical (unpaired) electrons. The van der Waals surface area contributed by atoms with Gasteiger partial charge in [-0.2, -0.15) is 0 Å². The van der Waals surface area contributed by atoms with Crippen molar-refractivity contribution in [2.24, 2.45) is 0 Å². The van der Waals surface area contributed by atoms with Crippen molar-refractivity contribution >= 4 is 22.8 Å². The Labute approximate surface area is 170 Å². The Morgan fingerprint density at radius 3 is 2.57 bits per heavy atom. The summed E-state index contributed by atoms with van der Waals surface area (Å²) < 4.78 is 15.2. The van der Waals surface area contributed by atoms with Gasteiger partial charge in [-0.3, -0.25) is 9.59 Å². The molecule has 0 spiro atoms. The van der Waals surface area contributed by atoms with E-state index >= 15 is 0 Å². The number of benzene rings is 2. The average Bonchev–Trinajstić information content (AvgIpc) is 3.15. The number of aromatic hydroxyl groups is 1. The normalized spacial score (nSPS) is 10.8. The first-order chi connectivity index (χ1) is 14.4. The predicted molar refractivity (Wildman–Crippen MR) is 108 cm³/mol. The number of aromatic nitrogens is 2. The zero-order chi connectivity index (χ0) is 21.3. The third-order valence-corrected chi connectivity index (χ3v) is 4.60. The van der Waals surface area contributed by atoms with Crippen LogP contribution < -0.4 is 5.32 Å². The molecule has 4 rings (SSSR count). The average molecular weight is 405 g/mol. The summed E-state index contributed by atoms with van der Waals surface area (Å²) in [5.74, 6) is -2.00. The van der Waals surface area contributed by atoms with Crippen molar-refractivity contribution in [2.75, 3.05) is 6.54 Å². The highest BCUT2D eigenvalue weighted by atomic mass is 19.1. The van der Waals surface area contributed by atoms with Crippen LogP contribution in [0.3, 0.4) is 0 Å². The summed E-state index contributed by atoms with van der Waals surface area (Å²) in [7, 11) is 0. The van der Waals surface area contributed by atoms with E-state index in [1.165, 1.54) is 18.3 Å². The van der Waals surface area contributed by atoms with Crippen molar-refractivity contribution in [2.45, 2.75) is 0 Å². The molecule has 0 aliphatic rings. The van der Waals surface area contributed by atoms with E-state index in [0.717, 1.165) is 16.6 Å². The number of carbonyl (C=O) groups is 2. The maximum Gasteiger partial charge on any atom is 0.322 e. The van der Waals surface area contributed by atoms with Crippen LogP contribution in [-0.4, -0.2) is 38.2 Å². The van der Waals surface area contributed by atoms with E-state index in [1.54, 1.807) is 48.7 Å². The maximum absolute atomic E-state index is 13.3. The Bertz CT molecular complexity index is 1270. The van der Waals surface area contributed by atoms with Crippen LogP contribution in [-0.2, 0) is 4.79 Å². The second-order valence-electron chi connectivity index (χ2n) is 6.60. The van der Waals surface area contributed by atoms with Gasteiger partial charge in [0.2, 0.25) is 0 Å². The van der Waals surface area contributed by atoms with Crippen LogP contribution in [0.25, 0.3) is 27.7 Å². The number of hydrogen-bond acceptors (Lipinski definition) is 4. The van der Waals surface area contributed by atoms with E-state index in [9.17, 15) is 19.1 Å². The molecule has 2 aromatic carbocycles. The largest absolute Gasteiger partial charge is 0.508 e. The molecule has 4 aromatic rings. The van der Waals surface area contributed by atoms with E-state index < -0.39 is 18.4 Å². The minimum atomic E-state index is -1.14. The molecule has 0 saturated heterocycles. The summed E-state index contributed by atoms with van der Waals surface area (Å²) in [5.41, 5.74) is 2.96. The molecule has 0 saturated carbocycles. The number of hydrogen-bond donors (Lipinski definition) is 3. The summed E-state index contributed by atoms with van der Waals surface area (Å²) in [6.45, 7) is -0.492. The highest BCUT2D eigenvalue weighted by molar-refractivity contribution is 5.97. The molecular weight excluding hydrogens is 389 g/mol. The summed E-state index contributed by atoms with van der Waals surface area (Å²) in [6, 6.07) is 14.2. The third kappa shape index (κ3) is 3.70. The minimum Gasteiger partial charge on any atom is -0.508 e. The lowest BCUT2D eigenvalue weighted by molar-refractivity contribution is -0.135. The van der Waals surface area contributed by atoms with Gasteiger partial charge in [-0.15, -0.1) is 0 Å². The number of carboxylic acids is 1. The SMILES string of the molecule is O=C(O)CNC(=O)c1cc2ccn(-c3ccc(O)cc3-c3ccc(F)cc3)c2cn1. The van der Waals surface area contributed by atoms with Gasteiger partial charge in [0.1, 0.15) is 23.8 Å². The number of pyridine rings is 1. The van der Waals surface area contributed by atoms with Crippen molar-refractivity contribution in [1.82, 2.24) is 14.9 Å². The molecule has 2 heterocycles. The molecule has 0 fully saturated rings. The lowest BCUT2D eigenvalue weighted by atomic mass is 10.0. The number of carboxylic acid groups (broad SMARTS) is 1. The van der Waals surface area contributed by atoms with Crippen LogP contribution >= 0.6 is 0 Å². The van der Waals surface area contributed by atoms with Crippen molar-refractivity contribution in [3.63, 3.8) is 0 Å². The van der Waals surface area contributed by atoms with Gasteiger partial charge in [-0.25, -0.2) is 9.37 Å². The number of halogens is 1. The predicted octanol–water partition coefficient (Wildman–Crippen LogP) is 3.35. The van der Waals surface area contributed by atoms with Crippen LogP contribution in [0.15, 0.2) is 67.0 Å². The Morgan fingerprint density at radius 1 is 1.07 bits per heavy atom. The molecule has 3 N–H and O–H groups in total. The molecule has 0 unspecified atom stereocenters. The number of nitrogens with zero attached hydrogens (tertiary/aromatic N) is 2. The van der Waals surface area contributed by atoms with Crippen molar-refractivity contribution in [3.05, 3.63) is 78.5 Å². The van der Waals surface area contributed by atoms with Gasteiger partial charge in [0, 0.05) is 17.1 Å². The Kier molecular flexibility index (Phi) is 4.89. The van der Waals surface area contributed by atoms with E-state index in [1.807, 2.05) is 4.57 Å². The molecule has 150 valence electrons. The minimum absolute atomic E-state index is 0.0741. The van der Waals surface area contributed by atoms with Gasteiger partial charge in [0.05, 0.1) is 17.4 Å². The van der Waals surface area contributed by atoms with Crippen LogP contribution in [0.2, 0.25) is 0 Å². The highest BCUT2D eigenvalue weighted by Gasteiger charge is 2.14. The fraction of sp³-hybridized carbons (Fsp3) is 0.0455. The van der Waals surface area contributed by atoms with Gasteiger partial charge >= 0.3 is 5.97 Å². The number of aliphatic carboxylic acids is 1. The smallest absolute Gasteiger partial charge is 0.322 e. The zero-order valence-corrected chi connectivity index (χ0v) is 15.5. The Morgan fingerprint density at radius 2 is 1.83 bits per heavy atom. The zero-order valence-electron chi connectivity index (χ0n) is 15.5. The fourth-order valence-corrected chi connectivity index (χ4v) is 3.21. The molecular formula is C22H16FN3O4. The first-order valence-corrected chi connectivity index (χ1v) is 8.99. The van der Waals surface area contributed by atoms with Gasteiger partial charge in [0.15, 0.2) is 0 Å². The van der Waals surface area contributed by atoms with Crippen molar-refractivity contribution in [1.29, 1.82) is 0 Å². The number of rotatable bonds is 5. The molecule has 7 nitrogen and oxygen atoms in total. The molecule has 1 amide bonds. The summed E-state index contributed by atoms with van der Waals surface area (Å²) in [5, 5.41) is 21.7. The number of phenolic OH excluding ortho intramolecular Hbond substituents is 1. The lowest BCUT2D eigenvalue weighted by Crippen LogP contribution is -2.29. The molecule has 0 bridgehead atoms. The number of fused-ring (bicyclic) bond motifs is 1. The quantitative estimate of drug-likeness (QED) is 0.472. The second-order valence-corrected chi connectivity index (χ2v) is 6.60. The van der Waals surface area contributed by atoms with Gasteiger partial charge in [-0.05, 0) is 48.0 Å². The Balaban J connectivity index is 1.76. The van der Waals surface area contributed by atoms with Gasteiger partial charge < -0.3 is 20.1 Å². The fourth-order valence-electron chi connectivity index (χ4n) is 3.21. The van der Waals surface area contributed by atoms with Crippen molar-refractivity contribution in [3.8, 4) is 22.6 Å². The molecule has 2 aromatic heterocycles. The molecule has 0 atom stereocenters. The number of nitrogens with one attached hydrogen (secondary N) is 1. The van der Waals surface area contributed by atoms with E-state index in [2.05, 4.69) is 10.3 Å². The van der Waals surface area contributed by atoms with E-state index in [4.69, 9.17) is 5.11 Å². The maximum atomic E-state index is 13.3. The van der Waals surface area contributed by atoms with Crippen LogP contribution in [0.5, 0.6) is 5.75 Å². The van der Waals surface area contributed by atoms with Gasteiger partial charge in [-0.1, -0.05) is 12.1 Å². The highest BCUT2D eigenvalue weighted by Crippen LogP contribution is 2.32. The summed E-state index contributed by atoms with van der Waals surface area (Å²) in [4.78, 5) is 26.8. The Hall–Kier alpha value is -4.20. The third-order valence-electron chi connectivity index (χ3n) is 4.60. The first kappa shape index (κ1) is 19.1. The number of amides is 1. The van der Waals surface area contributed by atoms with Crippen LogP contribution in [0.4, 0.5) is 4.39 Å².